The Morgan fingerprint density at radius 3 is 2.81 bits per heavy atom. The Hall–Kier alpha value is -2.24. The number of thioether (sulfide) groups is 1. The molecule has 164 valence electrons. The number of thiazole rings is 1. The first kappa shape index (κ1) is 22.0. The van der Waals surface area contributed by atoms with Gasteiger partial charge in [0, 0.05) is 37.0 Å². The van der Waals surface area contributed by atoms with Gasteiger partial charge < -0.3 is 14.8 Å². The average Bonchev–Trinajstić information content (AvgIpc) is 3.42. The van der Waals surface area contributed by atoms with Crippen LogP contribution in [0.1, 0.15) is 38.6 Å². The lowest BCUT2D eigenvalue weighted by Crippen LogP contribution is -2.21. The predicted octanol–water partition coefficient (Wildman–Crippen LogP) is 3.62. The summed E-state index contributed by atoms with van der Waals surface area (Å²) in [6.45, 7) is 1.77. The van der Waals surface area contributed by atoms with E-state index < -0.39 is 0 Å². The minimum absolute atomic E-state index is 0.118. The van der Waals surface area contributed by atoms with Gasteiger partial charge in [0.2, 0.25) is 5.91 Å². The Labute approximate surface area is 193 Å². The minimum Gasteiger partial charge on any atom is -0.344 e. The van der Waals surface area contributed by atoms with Gasteiger partial charge >= 0.3 is 0 Å². The Bertz CT molecular complexity index is 1130. The Balaban J connectivity index is 1.40. The van der Waals surface area contributed by atoms with Gasteiger partial charge in [-0.1, -0.05) is 23.1 Å². The number of hydrogen-bond donors (Lipinski definition) is 1. The highest BCUT2D eigenvalue weighted by atomic mass is 32.2. The van der Waals surface area contributed by atoms with E-state index in [2.05, 4.69) is 25.9 Å². The molecule has 0 aliphatic heterocycles. The fourth-order valence-corrected chi connectivity index (χ4v) is 6.33. The monoisotopic (exact) mass is 476 g/mol. The molecule has 1 aliphatic rings. The number of carbonyl (C=O) groups is 2. The quantitative estimate of drug-likeness (QED) is 0.546. The van der Waals surface area contributed by atoms with Crippen molar-refractivity contribution in [2.75, 3.05) is 25.2 Å². The van der Waals surface area contributed by atoms with Crippen LogP contribution in [0.3, 0.4) is 0 Å². The third kappa shape index (κ3) is 4.53. The number of carbonyl (C=O) groups excluding carboxylic acids is 2. The van der Waals surface area contributed by atoms with Gasteiger partial charge in [-0.05, 0) is 38.2 Å². The van der Waals surface area contributed by atoms with Gasteiger partial charge in [-0.25, -0.2) is 4.98 Å². The number of fused-ring (bicyclic) bond motifs is 1. The molecule has 0 radical (unpaired) electrons. The summed E-state index contributed by atoms with van der Waals surface area (Å²) >= 11 is 4.33. The SMILES string of the molecule is Cc1nc(NC(=O)CSc2nnc(-c3csc4c3CCCC4)n2C)sc1C(=O)N(C)C. The lowest BCUT2D eigenvalue weighted by molar-refractivity contribution is -0.113. The third-order valence-corrected chi connectivity index (χ3v) is 8.28. The van der Waals surface area contributed by atoms with Crippen LogP contribution in [0.4, 0.5) is 5.13 Å². The fraction of sp³-hybridized carbons (Fsp3) is 0.450. The lowest BCUT2D eigenvalue weighted by Gasteiger charge is -2.12. The van der Waals surface area contributed by atoms with Crippen LogP contribution in [-0.4, -0.2) is 56.3 Å². The summed E-state index contributed by atoms with van der Waals surface area (Å²) in [6, 6.07) is 0. The highest BCUT2D eigenvalue weighted by Crippen LogP contribution is 2.36. The number of aromatic nitrogens is 4. The van der Waals surface area contributed by atoms with Crippen LogP contribution >= 0.6 is 34.4 Å². The van der Waals surface area contributed by atoms with E-state index in [0.717, 1.165) is 18.7 Å². The van der Waals surface area contributed by atoms with Crippen LogP contribution < -0.4 is 5.32 Å². The Kier molecular flexibility index (Phi) is 6.44. The van der Waals surface area contributed by atoms with E-state index in [1.54, 1.807) is 32.4 Å². The zero-order valence-electron chi connectivity index (χ0n) is 17.9. The summed E-state index contributed by atoms with van der Waals surface area (Å²) in [5.74, 6) is 0.723. The van der Waals surface area contributed by atoms with Crippen molar-refractivity contribution in [3.05, 3.63) is 26.4 Å². The molecule has 0 aromatic carbocycles. The van der Waals surface area contributed by atoms with Crippen molar-refractivity contribution in [2.24, 2.45) is 7.05 Å². The maximum atomic E-state index is 12.4. The average molecular weight is 477 g/mol. The van der Waals surface area contributed by atoms with E-state index in [9.17, 15) is 9.59 Å². The van der Waals surface area contributed by atoms with E-state index in [-0.39, 0.29) is 17.6 Å². The number of rotatable bonds is 6. The van der Waals surface area contributed by atoms with E-state index in [1.807, 2.05) is 11.6 Å². The van der Waals surface area contributed by atoms with Gasteiger partial charge in [0.05, 0.1) is 11.4 Å². The zero-order valence-corrected chi connectivity index (χ0v) is 20.3. The summed E-state index contributed by atoms with van der Waals surface area (Å²) in [5, 5.41) is 14.8. The molecule has 0 atom stereocenters. The molecule has 4 rings (SSSR count). The third-order valence-electron chi connectivity index (χ3n) is 5.11. The topological polar surface area (TPSA) is 93.0 Å². The minimum atomic E-state index is -0.194. The smallest absolute Gasteiger partial charge is 0.265 e. The standard InChI is InChI=1S/C20H24N6O2S3/c1-11-16(18(28)25(2)3)31-19(21-11)22-15(27)10-30-20-24-23-17(26(20)4)13-9-29-14-8-6-5-7-12(13)14/h9H,5-8,10H2,1-4H3,(H,21,22,27). The summed E-state index contributed by atoms with van der Waals surface area (Å²) < 4.78 is 1.95. The van der Waals surface area contributed by atoms with Crippen LogP contribution in [0.5, 0.6) is 0 Å². The van der Waals surface area contributed by atoms with Crippen LogP contribution in [0, 0.1) is 6.92 Å². The molecular formula is C20H24N6O2S3. The number of aryl methyl sites for hydroxylation is 2. The van der Waals surface area contributed by atoms with Crippen molar-refractivity contribution >= 4 is 51.4 Å². The van der Waals surface area contributed by atoms with E-state index in [1.165, 1.54) is 56.8 Å². The molecule has 3 aromatic rings. The number of anilines is 1. The fourth-order valence-electron chi connectivity index (χ4n) is 3.49. The second-order valence-electron chi connectivity index (χ2n) is 7.59. The second-order valence-corrected chi connectivity index (χ2v) is 10.5. The van der Waals surface area contributed by atoms with Crippen LogP contribution in [0.15, 0.2) is 10.5 Å². The summed E-state index contributed by atoms with van der Waals surface area (Å²) in [4.78, 5) is 32.4. The van der Waals surface area contributed by atoms with Crippen molar-refractivity contribution in [3.8, 4) is 11.4 Å². The van der Waals surface area contributed by atoms with Gasteiger partial charge in [0.25, 0.3) is 5.91 Å². The molecule has 11 heteroatoms. The predicted molar refractivity (Wildman–Crippen MR) is 125 cm³/mol. The van der Waals surface area contributed by atoms with Crippen molar-refractivity contribution in [2.45, 2.75) is 37.8 Å². The number of thiophene rings is 1. The maximum absolute atomic E-state index is 12.4. The molecular weight excluding hydrogens is 452 g/mol. The summed E-state index contributed by atoms with van der Waals surface area (Å²) in [6.07, 6.45) is 4.72. The molecule has 8 nitrogen and oxygen atoms in total. The molecule has 3 aromatic heterocycles. The summed E-state index contributed by atoms with van der Waals surface area (Å²) in [7, 11) is 5.32. The molecule has 0 saturated heterocycles. The van der Waals surface area contributed by atoms with Crippen molar-refractivity contribution in [3.63, 3.8) is 0 Å². The number of nitrogens with zero attached hydrogens (tertiary/aromatic N) is 5. The first-order valence-electron chi connectivity index (χ1n) is 9.96. The first-order chi connectivity index (χ1) is 14.8. The maximum Gasteiger partial charge on any atom is 0.265 e. The van der Waals surface area contributed by atoms with Gasteiger partial charge in [-0.3, -0.25) is 9.59 Å². The number of hydrogen-bond acceptors (Lipinski definition) is 8. The molecule has 0 unspecified atom stereocenters. The van der Waals surface area contributed by atoms with Crippen LogP contribution in [-0.2, 0) is 24.7 Å². The Morgan fingerprint density at radius 1 is 1.26 bits per heavy atom. The van der Waals surface area contributed by atoms with Crippen molar-refractivity contribution < 1.29 is 9.59 Å². The van der Waals surface area contributed by atoms with E-state index in [4.69, 9.17) is 0 Å². The largest absolute Gasteiger partial charge is 0.344 e. The summed E-state index contributed by atoms with van der Waals surface area (Å²) in [5.41, 5.74) is 3.19. The van der Waals surface area contributed by atoms with Crippen molar-refractivity contribution in [1.82, 2.24) is 24.6 Å². The molecule has 0 saturated carbocycles. The van der Waals surface area contributed by atoms with E-state index >= 15 is 0 Å². The number of amides is 2. The van der Waals surface area contributed by atoms with Gasteiger partial charge in [0.1, 0.15) is 4.88 Å². The Morgan fingerprint density at radius 2 is 2.03 bits per heavy atom. The molecule has 1 aliphatic carbocycles. The molecule has 3 heterocycles. The molecule has 0 bridgehead atoms. The molecule has 0 spiro atoms. The van der Waals surface area contributed by atoms with Crippen LogP contribution in [0.2, 0.25) is 0 Å². The normalized spacial score (nSPS) is 13.2. The van der Waals surface area contributed by atoms with Gasteiger partial charge in [-0.2, -0.15) is 0 Å². The van der Waals surface area contributed by atoms with Gasteiger partial charge in [-0.15, -0.1) is 21.5 Å². The van der Waals surface area contributed by atoms with E-state index in [0.29, 0.717) is 20.9 Å². The highest BCUT2D eigenvalue weighted by molar-refractivity contribution is 7.99. The zero-order chi connectivity index (χ0) is 22.1. The number of nitrogens with one attached hydrogen (secondary N) is 1. The first-order valence-corrected chi connectivity index (χ1v) is 12.6. The molecule has 0 fully saturated rings. The second kappa shape index (κ2) is 9.09. The van der Waals surface area contributed by atoms with Crippen LogP contribution in [0.25, 0.3) is 11.4 Å². The highest BCUT2D eigenvalue weighted by Gasteiger charge is 2.22. The molecule has 2 amide bonds. The lowest BCUT2D eigenvalue weighted by atomic mass is 9.96. The van der Waals surface area contributed by atoms with Crippen molar-refractivity contribution in [1.29, 1.82) is 0 Å². The van der Waals surface area contributed by atoms with Gasteiger partial charge in [0.15, 0.2) is 16.1 Å². The molecule has 31 heavy (non-hydrogen) atoms. The molecule has 1 N–H and O–H groups in total.